The number of hydrogen-bond acceptors (Lipinski definition) is 4. The lowest BCUT2D eigenvalue weighted by molar-refractivity contribution is 0.0399. The Kier molecular flexibility index (Phi) is 11.4. The molecule has 3 aromatic carbocycles. The van der Waals surface area contributed by atoms with Gasteiger partial charge in [-0.1, -0.05) is 78.4 Å². The van der Waals surface area contributed by atoms with Crippen molar-refractivity contribution in [1.82, 2.24) is 9.80 Å². The fraction of sp³-hybridized carbons (Fsp3) is 0.357. The average Bonchev–Trinajstić information content (AvgIpc) is 2.81. The number of aryl methyl sites for hydroxylation is 2. The van der Waals surface area contributed by atoms with Gasteiger partial charge >= 0.3 is 0 Å². The van der Waals surface area contributed by atoms with Crippen LogP contribution in [-0.4, -0.2) is 60.3 Å². The SMILES string of the molecule is Cc1ccc(OCC(O)CN2CCN(C(c3ccccc3)c3ccccc3)CC2)c(C)c1.Cl.Cl. The Morgan fingerprint density at radius 3 is 1.88 bits per heavy atom. The highest BCUT2D eigenvalue weighted by Crippen LogP contribution is 2.29. The molecule has 1 atom stereocenters. The van der Waals surface area contributed by atoms with E-state index in [-0.39, 0.29) is 30.9 Å². The number of aliphatic hydroxyl groups excluding tert-OH is 1. The second-order valence-electron chi connectivity index (χ2n) is 8.79. The van der Waals surface area contributed by atoms with Crippen LogP contribution in [0.5, 0.6) is 5.75 Å². The van der Waals surface area contributed by atoms with E-state index in [0.717, 1.165) is 37.5 Å². The summed E-state index contributed by atoms with van der Waals surface area (Å²) in [4.78, 5) is 4.90. The molecule has 0 radical (unpaired) electrons. The van der Waals surface area contributed by atoms with Gasteiger partial charge in [-0.05, 0) is 36.6 Å². The molecule has 1 aliphatic rings. The topological polar surface area (TPSA) is 35.9 Å². The number of rotatable bonds is 8. The summed E-state index contributed by atoms with van der Waals surface area (Å²) >= 11 is 0. The summed E-state index contributed by atoms with van der Waals surface area (Å²) in [6.07, 6.45) is -0.499. The molecule has 0 spiro atoms. The van der Waals surface area contributed by atoms with Crippen molar-refractivity contribution in [2.75, 3.05) is 39.3 Å². The number of hydrogen-bond donors (Lipinski definition) is 1. The zero-order chi connectivity index (χ0) is 22.3. The largest absolute Gasteiger partial charge is 0.491 e. The molecule has 0 amide bonds. The van der Waals surface area contributed by atoms with Crippen LogP contribution < -0.4 is 4.74 Å². The maximum Gasteiger partial charge on any atom is 0.122 e. The van der Waals surface area contributed by atoms with Crippen LogP contribution in [0.3, 0.4) is 0 Å². The maximum absolute atomic E-state index is 10.6. The van der Waals surface area contributed by atoms with Gasteiger partial charge in [-0.15, -0.1) is 24.8 Å². The lowest BCUT2D eigenvalue weighted by Gasteiger charge is -2.40. The molecule has 6 heteroatoms. The quantitative estimate of drug-likeness (QED) is 0.453. The minimum Gasteiger partial charge on any atom is -0.491 e. The van der Waals surface area contributed by atoms with Crippen molar-refractivity contribution in [3.05, 3.63) is 101 Å². The Balaban J connectivity index is 0.00000204. The second kappa shape index (κ2) is 13.7. The van der Waals surface area contributed by atoms with E-state index in [9.17, 15) is 5.11 Å². The molecule has 1 heterocycles. The highest BCUT2D eigenvalue weighted by Gasteiger charge is 2.27. The van der Waals surface area contributed by atoms with Crippen molar-refractivity contribution in [1.29, 1.82) is 0 Å². The van der Waals surface area contributed by atoms with E-state index in [0.29, 0.717) is 13.2 Å². The molecular formula is C28H36Cl2N2O2. The van der Waals surface area contributed by atoms with Crippen LogP contribution in [0.15, 0.2) is 78.9 Å². The van der Waals surface area contributed by atoms with E-state index < -0.39 is 6.10 Å². The summed E-state index contributed by atoms with van der Waals surface area (Å²) in [6.45, 7) is 8.90. The average molecular weight is 504 g/mol. The van der Waals surface area contributed by atoms with Gasteiger partial charge in [0.2, 0.25) is 0 Å². The summed E-state index contributed by atoms with van der Waals surface area (Å²) in [5.41, 5.74) is 4.99. The molecule has 0 bridgehead atoms. The van der Waals surface area contributed by atoms with Crippen LogP contribution in [-0.2, 0) is 0 Å². The molecule has 4 nitrogen and oxygen atoms in total. The van der Waals surface area contributed by atoms with E-state index in [2.05, 4.69) is 83.5 Å². The van der Waals surface area contributed by atoms with Gasteiger partial charge in [-0.3, -0.25) is 9.80 Å². The monoisotopic (exact) mass is 502 g/mol. The molecule has 1 N–H and O–H groups in total. The Hall–Kier alpha value is -2.08. The van der Waals surface area contributed by atoms with Crippen molar-refractivity contribution < 1.29 is 9.84 Å². The predicted octanol–water partition coefficient (Wildman–Crippen LogP) is 5.29. The zero-order valence-corrected chi connectivity index (χ0v) is 21.6. The van der Waals surface area contributed by atoms with Gasteiger partial charge in [0.05, 0.1) is 6.04 Å². The third-order valence-corrected chi connectivity index (χ3v) is 6.23. The van der Waals surface area contributed by atoms with Crippen molar-refractivity contribution in [3.8, 4) is 5.75 Å². The minimum atomic E-state index is -0.499. The number of benzene rings is 3. The van der Waals surface area contributed by atoms with Gasteiger partial charge in [-0.25, -0.2) is 0 Å². The molecule has 1 saturated heterocycles. The number of halogens is 2. The fourth-order valence-electron chi connectivity index (χ4n) is 4.59. The number of nitrogens with zero attached hydrogens (tertiary/aromatic N) is 2. The van der Waals surface area contributed by atoms with Crippen LogP contribution in [0.4, 0.5) is 0 Å². The molecule has 4 rings (SSSR count). The summed E-state index contributed by atoms with van der Waals surface area (Å²) < 4.78 is 5.88. The lowest BCUT2D eigenvalue weighted by Crippen LogP contribution is -2.50. The molecule has 0 saturated carbocycles. The smallest absolute Gasteiger partial charge is 0.122 e. The van der Waals surface area contributed by atoms with E-state index in [1.807, 2.05) is 19.1 Å². The summed E-state index contributed by atoms with van der Waals surface area (Å²) in [6, 6.07) is 27.9. The summed E-state index contributed by atoms with van der Waals surface area (Å²) in [5.74, 6) is 0.855. The lowest BCUT2D eigenvalue weighted by atomic mass is 9.96. The Morgan fingerprint density at radius 1 is 0.794 bits per heavy atom. The second-order valence-corrected chi connectivity index (χ2v) is 8.79. The third-order valence-electron chi connectivity index (χ3n) is 6.23. The van der Waals surface area contributed by atoms with Crippen LogP contribution in [0.25, 0.3) is 0 Å². The molecular weight excluding hydrogens is 467 g/mol. The van der Waals surface area contributed by atoms with Gasteiger partial charge in [-0.2, -0.15) is 0 Å². The van der Waals surface area contributed by atoms with E-state index in [1.165, 1.54) is 16.7 Å². The standard InChI is InChI=1S/C28H34N2O2.2ClH/c1-22-13-14-27(23(2)19-22)32-21-26(31)20-29-15-17-30(18-16-29)28(24-9-5-3-6-10-24)25-11-7-4-8-12-25;;/h3-14,19,26,28,31H,15-18,20-21H2,1-2H3;2*1H. The normalized spacial score (nSPS) is 15.3. The molecule has 1 fully saturated rings. The summed E-state index contributed by atoms with van der Waals surface area (Å²) in [5, 5.41) is 10.6. The first kappa shape index (κ1) is 28.2. The number of β-amino-alcohol motifs (C(OH)–C–C–N with tert-alkyl or cyclic N) is 1. The number of ether oxygens (including phenoxy) is 1. The molecule has 34 heavy (non-hydrogen) atoms. The Bertz CT molecular complexity index is 941. The van der Waals surface area contributed by atoms with Crippen molar-refractivity contribution >= 4 is 24.8 Å². The van der Waals surface area contributed by atoms with Crippen molar-refractivity contribution in [3.63, 3.8) is 0 Å². The van der Waals surface area contributed by atoms with Gasteiger partial charge < -0.3 is 9.84 Å². The molecule has 1 aliphatic heterocycles. The maximum atomic E-state index is 10.6. The molecule has 184 valence electrons. The zero-order valence-electron chi connectivity index (χ0n) is 20.0. The van der Waals surface area contributed by atoms with Gasteiger partial charge in [0.1, 0.15) is 18.5 Å². The Morgan fingerprint density at radius 2 is 1.35 bits per heavy atom. The minimum absolute atomic E-state index is 0. The fourth-order valence-corrected chi connectivity index (χ4v) is 4.59. The van der Waals surface area contributed by atoms with E-state index in [4.69, 9.17) is 4.74 Å². The molecule has 0 aromatic heterocycles. The van der Waals surface area contributed by atoms with Crippen LogP contribution in [0, 0.1) is 13.8 Å². The van der Waals surface area contributed by atoms with Crippen LogP contribution in [0.2, 0.25) is 0 Å². The highest BCUT2D eigenvalue weighted by molar-refractivity contribution is 5.85. The number of aliphatic hydroxyl groups is 1. The Labute approximate surface area is 216 Å². The van der Waals surface area contributed by atoms with Crippen molar-refractivity contribution in [2.45, 2.75) is 26.0 Å². The highest BCUT2D eigenvalue weighted by atomic mass is 35.5. The van der Waals surface area contributed by atoms with Gasteiger partial charge in [0.15, 0.2) is 0 Å². The van der Waals surface area contributed by atoms with Gasteiger partial charge in [0, 0.05) is 32.7 Å². The number of piperazine rings is 1. The van der Waals surface area contributed by atoms with Crippen LogP contribution in [0.1, 0.15) is 28.3 Å². The van der Waals surface area contributed by atoms with Gasteiger partial charge in [0.25, 0.3) is 0 Å². The van der Waals surface area contributed by atoms with E-state index in [1.54, 1.807) is 0 Å². The van der Waals surface area contributed by atoms with Crippen molar-refractivity contribution in [2.24, 2.45) is 0 Å². The molecule has 0 aliphatic carbocycles. The summed E-state index contributed by atoms with van der Waals surface area (Å²) in [7, 11) is 0. The molecule has 3 aromatic rings. The first-order valence-electron chi connectivity index (χ1n) is 11.5. The third kappa shape index (κ3) is 7.46. The molecule has 1 unspecified atom stereocenters. The first-order chi connectivity index (χ1) is 15.6. The van der Waals surface area contributed by atoms with Crippen LogP contribution >= 0.6 is 24.8 Å². The first-order valence-corrected chi connectivity index (χ1v) is 11.5. The van der Waals surface area contributed by atoms with E-state index >= 15 is 0 Å². The predicted molar refractivity (Wildman–Crippen MR) is 145 cm³/mol.